The van der Waals surface area contributed by atoms with E-state index in [2.05, 4.69) is 21.8 Å². The fraction of sp³-hybridized carbons (Fsp3) is 0.500. The third kappa shape index (κ3) is 1.62. The summed E-state index contributed by atoms with van der Waals surface area (Å²) in [4.78, 5) is 11.2. The first kappa shape index (κ1) is 10.4. The van der Waals surface area contributed by atoms with Crippen molar-refractivity contribution >= 4 is 17.3 Å². The lowest BCUT2D eigenvalue weighted by Crippen LogP contribution is -2.30. The maximum Gasteiger partial charge on any atom is 0.180 e. The zero-order valence-electron chi connectivity index (χ0n) is 10.0. The first-order chi connectivity index (χ1) is 8.29. The molecule has 0 aromatic carbocycles. The molecule has 0 aliphatic carbocycles. The molecule has 2 aromatic rings. The molecule has 2 aromatic heterocycles. The van der Waals surface area contributed by atoms with E-state index in [-0.39, 0.29) is 0 Å². The van der Waals surface area contributed by atoms with Crippen molar-refractivity contribution in [1.29, 1.82) is 0 Å². The lowest BCUT2D eigenvalue weighted by Gasteiger charge is -2.25. The van der Waals surface area contributed by atoms with Gasteiger partial charge in [0.2, 0.25) is 0 Å². The van der Waals surface area contributed by atoms with Gasteiger partial charge in [-0.1, -0.05) is 6.92 Å². The van der Waals surface area contributed by atoms with Crippen LogP contribution in [-0.2, 0) is 0 Å². The van der Waals surface area contributed by atoms with Crippen molar-refractivity contribution in [3.8, 4) is 0 Å². The molecule has 1 fully saturated rings. The summed E-state index contributed by atoms with van der Waals surface area (Å²) < 4.78 is 1.95. The van der Waals surface area contributed by atoms with Crippen molar-refractivity contribution in [2.24, 2.45) is 0 Å². The maximum absolute atomic E-state index is 5.85. The minimum atomic E-state index is 0.548. The topological polar surface area (TPSA) is 59.5 Å². The van der Waals surface area contributed by atoms with Gasteiger partial charge >= 0.3 is 0 Å². The number of nitrogen functional groups attached to an aromatic ring is 1. The second-order valence-electron chi connectivity index (χ2n) is 4.55. The number of nitrogens with zero attached hydrogens (tertiary/aromatic N) is 4. The number of hydrogen-bond acceptors (Lipinski definition) is 4. The molecule has 0 radical (unpaired) electrons. The molecule has 5 nitrogen and oxygen atoms in total. The van der Waals surface area contributed by atoms with E-state index >= 15 is 0 Å². The minimum absolute atomic E-state index is 0.548. The summed E-state index contributed by atoms with van der Waals surface area (Å²) in [6, 6.07) is 0.574. The molecule has 1 saturated heterocycles. The molecule has 1 atom stereocenters. The molecule has 1 unspecified atom stereocenters. The summed E-state index contributed by atoms with van der Waals surface area (Å²) >= 11 is 0. The lowest BCUT2D eigenvalue weighted by atomic mass is 10.2. The number of anilines is 2. The summed E-state index contributed by atoms with van der Waals surface area (Å²) in [5.41, 5.74) is 6.75. The van der Waals surface area contributed by atoms with Crippen LogP contribution in [0.5, 0.6) is 0 Å². The van der Waals surface area contributed by atoms with Crippen LogP contribution in [0.4, 0.5) is 11.6 Å². The third-order valence-corrected chi connectivity index (χ3v) is 3.50. The Kier molecular flexibility index (Phi) is 2.39. The van der Waals surface area contributed by atoms with E-state index in [0.717, 1.165) is 24.4 Å². The van der Waals surface area contributed by atoms with Gasteiger partial charge in [-0.3, -0.25) is 0 Å². The van der Waals surface area contributed by atoms with E-state index < -0.39 is 0 Å². The monoisotopic (exact) mass is 231 g/mol. The van der Waals surface area contributed by atoms with E-state index in [1.807, 2.05) is 16.8 Å². The Balaban J connectivity index is 2.12. The zero-order valence-corrected chi connectivity index (χ0v) is 10.0. The summed E-state index contributed by atoms with van der Waals surface area (Å²) in [7, 11) is 0. The summed E-state index contributed by atoms with van der Waals surface area (Å²) in [6.45, 7) is 3.27. The molecule has 3 rings (SSSR count). The van der Waals surface area contributed by atoms with Crippen molar-refractivity contribution in [2.75, 3.05) is 17.2 Å². The molecule has 0 spiro atoms. The highest BCUT2D eigenvalue weighted by molar-refractivity contribution is 5.67. The van der Waals surface area contributed by atoms with Crippen LogP contribution in [0, 0.1) is 0 Å². The van der Waals surface area contributed by atoms with E-state index in [4.69, 9.17) is 5.73 Å². The molecular weight excluding hydrogens is 214 g/mol. The fourth-order valence-electron chi connectivity index (χ4n) is 2.67. The first-order valence-electron chi connectivity index (χ1n) is 6.15. The summed E-state index contributed by atoms with van der Waals surface area (Å²) in [5.74, 6) is 1.48. The second-order valence-corrected chi connectivity index (χ2v) is 4.55. The van der Waals surface area contributed by atoms with Crippen LogP contribution in [0.1, 0.15) is 26.2 Å². The predicted molar refractivity (Wildman–Crippen MR) is 68.1 cm³/mol. The van der Waals surface area contributed by atoms with Gasteiger partial charge < -0.3 is 15.0 Å². The van der Waals surface area contributed by atoms with Gasteiger partial charge in [0.25, 0.3) is 0 Å². The highest BCUT2D eigenvalue weighted by Gasteiger charge is 2.26. The number of nitrogens with two attached hydrogens (primary N) is 1. The van der Waals surface area contributed by atoms with Gasteiger partial charge in [0.1, 0.15) is 5.82 Å². The number of rotatable bonds is 2. The molecule has 0 bridgehead atoms. The molecule has 0 amide bonds. The van der Waals surface area contributed by atoms with Crippen LogP contribution in [0.15, 0.2) is 18.6 Å². The van der Waals surface area contributed by atoms with Crippen LogP contribution >= 0.6 is 0 Å². The van der Waals surface area contributed by atoms with Crippen LogP contribution in [0.2, 0.25) is 0 Å². The van der Waals surface area contributed by atoms with E-state index in [1.54, 1.807) is 6.20 Å². The first-order valence-corrected chi connectivity index (χ1v) is 6.15. The molecule has 5 heteroatoms. The molecule has 17 heavy (non-hydrogen) atoms. The fourth-order valence-corrected chi connectivity index (χ4v) is 2.67. The van der Waals surface area contributed by atoms with Gasteiger partial charge in [-0.05, 0) is 19.3 Å². The Labute approximate surface area is 100 Å². The van der Waals surface area contributed by atoms with E-state index in [0.29, 0.717) is 11.9 Å². The third-order valence-electron chi connectivity index (χ3n) is 3.50. The number of aromatic nitrogens is 3. The van der Waals surface area contributed by atoms with E-state index in [9.17, 15) is 0 Å². The number of hydrogen-bond donors (Lipinski definition) is 1. The normalized spacial score (nSPS) is 20.3. The van der Waals surface area contributed by atoms with Gasteiger partial charge in [0, 0.05) is 25.0 Å². The molecule has 0 saturated carbocycles. The molecule has 1 aliphatic rings. The smallest absolute Gasteiger partial charge is 0.180 e. The molecular formula is C12H17N5. The Morgan fingerprint density at radius 2 is 2.41 bits per heavy atom. The van der Waals surface area contributed by atoms with Crippen molar-refractivity contribution in [2.45, 2.75) is 32.2 Å². The molecule has 2 N–H and O–H groups in total. The highest BCUT2D eigenvalue weighted by Crippen LogP contribution is 2.28. The van der Waals surface area contributed by atoms with Gasteiger partial charge in [-0.15, -0.1) is 0 Å². The summed E-state index contributed by atoms with van der Waals surface area (Å²) in [6.07, 6.45) is 9.11. The van der Waals surface area contributed by atoms with Crippen molar-refractivity contribution in [1.82, 2.24) is 14.4 Å². The molecule has 3 heterocycles. The predicted octanol–water partition coefficient (Wildman–Crippen LogP) is 1.69. The minimum Gasteiger partial charge on any atom is -0.382 e. The maximum atomic E-state index is 5.85. The summed E-state index contributed by atoms with van der Waals surface area (Å²) in [5, 5.41) is 0. The number of imidazole rings is 1. The van der Waals surface area contributed by atoms with Crippen LogP contribution in [-0.4, -0.2) is 27.0 Å². The quantitative estimate of drug-likeness (QED) is 0.854. The largest absolute Gasteiger partial charge is 0.382 e. The van der Waals surface area contributed by atoms with Crippen molar-refractivity contribution < 1.29 is 0 Å². The Morgan fingerprint density at radius 3 is 3.24 bits per heavy atom. The zero-order chi connectivity index (χ0) is 11.8. The average molecular weight is 231 g/mol. The highest BCUT2D eigenvalue weighted by atomic mass is 15.3. The molecule has 1 aliphatic heterocycles. The molecule has 90 valence electrons. The Hall–Kier alpha value is -1.78. The lowest BCUT2D eigenvalue weighted by molar-refractivity contribution is 0.641. The standard InChI is InChI=1S/C12H17N5/c1-2-9-4-3-6-17(9)12-11-14-5-7-16(11)8-10(13)15-12/h5,7-9H,2-4,6,13H2,1H3. The second kappa shape index (κ2) is 3.91. The van der Waals surface area contributed by atoms with Gasteiger partial charge in [-0.2, -0.15) is 0 Å². The Morgan fingerprint density at radius 1 is 1.53 bits per heavy atom. The van der Waals surface area contributed by atoms with Gasteiger partial charge in [-0.25, -0.2) is 9.97 Å². The van der Waals surface area contributed by atoms with Crippen molar-refractivity contribution in [3.63, 3.8) is 0 Å². The van der Waals surface area contributed by atoms with E-state index in [1.165, 1.54) is 12.8 Å². The average Bonchev–Trinajstić information content (AvgIpc) is 2.95. The Bertz CT molecular complexity index is 533. The van der Waals surface area contributed by atoms with Gasteiger partial charge in [0.15, 0.2) is 11.5 Å². The van der Waals surface area contributed by atoms with Gasteiger partial charge in [0.05, 0.1) is 6.20 Å². The van der Waals surface area contributed by atoms with Crippen LogP contribution in [0.3, 0.4) is 0 Å². The van der Waals surface area contributed by atoms with Crippen molar-refractivity contribution in [3.05, 3.63) is 18.6 Å². The van der Waals surface area contributed by atoms with Crippen LogP contribution in [0.25, 0.3) is 5.65 Å². The number of fused-ring (bicyclic) bond motifs is 1. The SMILES string of the molecule is CCC1CCCN1c1nc(N)cn2ccnc12. The van der Waals surface area contributed by atoms with Crippen LogP contribution < -0.4 is 10.6 Å².